The van der Waals surface area contributed by atoms with Crippen molar-refractivity contribution in [2.45, 2.75) is 12.5 Å². The Bertz CT molecular complexity index is 1110. The quantitative estimate of drug-likeness (QED) is 0.388. The van der Waals surface area contributed by atoms with Gasteiger partial charge in [-0.15, -0.1) is 0 Å². The zero-order valence-corrected chi connectivity index (χ0v) is 17.6. The van der Waals surface area contributed by atoms with E-state index in [1.807, 2.05) is 43.7 Å². The Kier molecular flexibility index (Phi) is 5.94. The summed E-state index contributed by atoms with van der Waals surface area (Å²) in [5, 5.41) is 10.3. The lowest BCUT2D eigenvalue weighted by Crippen LogP contribution is -2.31. The maximum Gasteiger partial charge on any atom is 0.183 e. The Morgan fingerprint density at radius 1 is 1.03 bits per heavy atom. The van der Waals surface area contributed by atoms with E-state index in [1.165, 1.54) is 5.56 Å². The van der Waals surface area contributed by atoms with E-state index in [4.69, 9.17) is 17.3 Å². The van der Waals surface area contributed by atoms with E-state index >= 15 is 0 Å². The molecule has 7 heteroatoms. The summed E-state index contributed by atoms with van der Waals surface area (Å²) in [6.07, 6.45) is 4.57. The Balaban J connectivity index is 1.41. The van der Waals surface area contributed by atoms with Gasteiger partial charge in [0, 0.05) is 42.4 Å². The number of hydrogen-bond acceptors (Lipinski definition) is 6. The Morgan fingerprint density at radius 3 is 2.66 bits per heavy atom. The average Bonchev–Trinajstić information content (AvgIpc) is 3.22. The highest BCUT2D eigenvalue weighted by Crippen LogP contribution is 2.31. The van der Waals surface area contributed by atoms with Gasteiger partial charge in [0.25, 0.3) is 0 Å². The molecule has 0 radical (unpaired) electrons. The van der Waals surface area contributed by atoms with Crippen LogP contribution >= 0.6 is 22.9 Å². The number of nitrogens with one attached hydrogen (secondary N) is 2. The molecular formula is C22H22ClN5S. The third kappa shape index (κ3) is 4.85. The Hall–Kier alpha value is -2.67. The van der Waals surface area contributed by atoms with Crippen molar-refractivity contribution in [2.24, 2.45) is 5.73 Å². The normalized spacial score (nSPS) is 12.1. The van der Waals surface area contributed by atoms with Crippen LogP contribution in [0.3, 0.4) is 0 Å². The van der Waals surface area contributed by atoms with Crippen molar-refractivity contribution in [1.82, 2.24) is 9.97 Å². The van der Waals surface area contributed by atoms with Crippen molar-refractivity contribution in [2.75, 3.05) is 24.2 Å². The molecule has 0 spiro atoms. The van der Waals surface area contributed by atoms with E-state index in [-0.39, 0.29) is 6.04 Å². The highest BCUT2D eigenvalue weighted by Gasteiger charge is 2.09. The third-order valence-electron chi connectivity index (χ3n) is 4.69. The third-order valence-corrected chi connectivity index (χ3v) is 5.95. The van der Waals surface area contributed by atoms with E-state index in [1.54, 1.807) is 11.3 Å². The summed E-state index contributed by atoms with van der Waals surface area (Å²) in [5.74, 6) is 0.857. The SMILES string of the molecule is CNc1cc2cc(-c3cnc(NC[C@H](N)Cc4ccc(Cl)cc4)s3)ccc2cn1. The van der Waals surface area contributed by atoms with Gasteiger partial charge in [-0.25, -0.2) is 9.97 Å². The molecule has 0 bridgehead atoms. The second kappa shape index (κ2) is 8.78. The first-order chi connectivity index (χ1) is 14.1. The molecule has 148 valence electrons. The summed E-state index contributed by atoms with van der Waals surface area (Å²) in [6, 6.07) is 16.2. The van der Waals surface area contributed by atoms with Gasteiger partial charge in [0.05, 0.1) is 4.88 Å². The van der Waals surface area contributed by atoms with Gasteiger partial charge >= 0.3 is 0 Å². The van der Waals surface area contributed by atoms with Crippen molar-refractivity contribution < 1.29 is 0 Å². The van der Waals surface area contributed by atoms with Gasteiger partial charge in [-0.3, -0.25) is 0 Å². The number of anilines is 2. The predicted molar refractivity (Wildman–Crippen MR) is 124 cm³/mol. The van der Waals surface area contributed by atoms with Crippen LogP contribution in [0, 0.1) is 0 Å². The fraction of sp³-hybridized carbons (Fsp3) is 0.182. The lowest BCUT2D eigenvalue weighted by atomic mass is 10.1. The number of thiazole rings is 1. The number of nitrogens with two attached hydrogens (primary N) is 1. The van der Waals surface area contributed by atoms with Crippen LogP contribution in [-0.2, 0) is 6.42 Å². The second-order valence-corrected chi connectivity index (χ2v) is 8.35. The van der Waals surface area contributed by atoms with Crippen LogP contribution in [0.2, 0.25) is 5.02 Å². The molecule has 1 atom stereocenters. The number of rotatable bonds is 7. The molecule has 4 N–H and O–H groups in total. The zero-order valence-electron chi connectivity index (χ0n) is 16.0. The molecule has 0 amide bonds. The smallest absolute Gasteiger partial charge is 0.183 e. The van der Waals surface area contributed by atoms with Gasteiger partial charge in [-0.05, 0) is 47.2 Å². The van der Waals surface area contributed by atoms with E-state index in [0.29, 0.717) is 6.54 Å². The molecule has 0 unspecified atom stereocenters. The van der Waals surface area contributed by atoms with Crippen molar-refractivity contribution >= 4 is 44.7 Å². The number of nitrogens with zero attached hydrogens (tertiary/aromatic N) is 2. The molecule has 4 aromatic rings. The minimum absolute atomic E-state index is 0.00309. The maximum absolute atomic E-state index is 6.27. The molecule has 0 aliphatic heterocycles. The average molecular weight is 424 g/mol. The molecule has 0 saturated heterocycles. The van der Waals surface area contributed by atoms with E-state index < -0.39 is 0 Å². The molecule has 5 nitrogen and oxygen atoms in total. The number of aromatic nitrogens is 2. The van der Waals surface area contributed by atoms with E-state index in [2.05, 4.69) is 44.9 Å². The lowest BCUT2D eigenvalue weighted by Gasteiger charge is -2.12. The maximum atomic E-state index is 6.27. The molecule has 2 aromatic heterocycles. The summed E-state index contributed by atoms with van der Waals surface area (Å²) < 4.78 is 0. The predicted octanol–water partition coefficient (Wildman–Crippen LogP) is 5.04. The van der Waals surface area contributed by atoms with Crippen molar-refractivity contribution in [1.29, 1.82) is 0 Å². The van der Waals surface area contributed by atoms with Crippen LogP contribution in [0.5, 0.6) is 0 Å². The Labute approximate surface area is 179 Å². The summed E-state index contributed by atoms with van der Waals surface area (Å²) in [5.41, 5.74) is 8.59. The topological polar surface area (TPSA) is 75.9 Å². The zero-order chi connectivity index (χ0) is 20.2. The van der Waals surface area contributed by atoms with Crippen molar-refractivity contribution in [3.63, 3.8) is 0 Å². The van der Waals surface area contributed by atoms with Crippen LogP contribution in [0.1, 0.15) is 5.56 Å². The fourth-order valence-electron chi connectivity index (χ4n) is 3.13. The highest BCUT2D eigenvalue weighted by atomic mass is 35.5. The van der Waals surface area contributed by atoms with Gasteiger partial charge in [-0.2, -0.15) is 0 Å². The molecular weight excluding hydrogens is 402 g/mol. The minimum atomic E-state index is -0.00309. The molecule has 29 heavy (non-hydrogen) atoms. The summed E-state index contributed by atoms with van der Waals surface area (Å²) in [6.45, 7) is 0.657. The number of halogens is 1. The fourth-order valence-corrected chi connectivity index (χ4v) is 4.08. The summed E-state index contributed by atoms with van der Waals surface area (Å²) in [4.78, 5) is 9.98. The Morgan fingerprint density at radius 2 is 1.86 bits per heavy atom. The van der Waals surface area contributed by atoms with Crippen LogP contribution in [0.15, 0.2) is 60.9 Å². The van der Waals surface area contributed by atoms with Crippen LogP contribution < -0.4 is 16.4 Å². The molecule has 0 aliphatic rings. The number of benzene rings is 2. The number of pyridine rings is 1. The van der Waals surface area contributed by atoms with Crippen molar-refractivity contribution in [3.05, 3.63) is 71.5 Å². The van der Waals surface area contributed by atoms with E-state index in [9.17, 15) is 0 Å². The van der Waals surface area contributed by atoms with E-state index in [0.717, 1.165) is 43.6 Å². The molecule has 2 aromatic carbocycles. The van der Waals surface area contributed by atoms with Gasteiger partial charge in [0.15, 0.2) is 5.13 Å². The molecule has 0 fully saturated rings. The first-order valence-corrected chi connectivity index (χ1v) is 10.6. The largest absolute Gasteiger partial charge is 0.373 e. The van der Waals surface area contributed by atoms with Crippen LogP contribution in [0.25, 0.3) is 21.2 Å². The van der Waals surface area contributed by atoms with Crippen LogP contribution in [0.4, 0.5) is 10.9 Å². The first-order valence-electron chi connectivity index (χ1n) is 9.38. The van der Waals surface area contributed by atoms with Crippen LogP contribution in [-0.4, -0.2) is 29.6 Å². The summed E-state index contributed by atoms with van der Waals surface area (Å²) >= 11 is 7.56. The van der Waals surface area contributed by atoms with Gasteiger partial charge in [-0.1, -0.05) is 47.2 Å². The first kappa shape index (κ1) is 19.6. The van der Waals surface area contributed by atoms with Gasteiger partial charge in [0.1, 0.15) is 5.82 Å². The van der Waals surface area contributed by atoms with Gasteiger partial charge in [0.2, 0.25) is 0 Å². The standard InChI is InChI=1S/C22H22ClN5S/c1-25-21-10-17-9-15(4-5-16(17)11-26-21)20-13-28-22(29-20)27-12-19(24)8-14-2-6-18(23)7-3-14/h2-7,9-11,13,19H,8,12,24H2,1H3,(H,25,26)(H,27,28)/t19-/m1/s1. The number of fused-ring (bicyclic) bond motifs is 1. The minimum Gasteiger partial charge on any atom is -0.373 e. The van der Waals surface area contributed by atoms with Gasteiger partial charge < -0.3 is 16.4 Å². The highest BCUT2D eigenvalue weighted by molar-refractivity contribution is 7.18. The lowest BCUT2D eigenvalue weighted by molar-refractivity contribution is 0.699. The van der Waals surface area contributed by atoms with Crippen molar-refractivity contribution in [3.8, 4) is 10.4 Å². The number of hydrogen-bond donors (Lipinski definition) is 3. The second-order valence-electron chi connectivity index (χ2n) is 6.88. The molecule has 0 aliphatic carbocycles. The molecule has 2 heterocycles. The molecule has 4 rings (SSSR count). The summed E-state index contributed by atoms with van der Waals surface area (Å²) in [7, 11) is 1.87. The monoisotopic (exact) mass is 423 g/mol. The molecule has 0 saturated carbocycles.